The highest BCUT2D eigenvalue weighted by Gasteiger charge is 2.03. The van der Waals surface area contributed by atoms with E-state index in [1.807, 2.05) is 12.3 Å². The molecule has 5 nitrogen and oxygen atoms in total. The lowest BCUT2D eigenvalue weighted by atomic mass is 10.2. The Bertz CT molecular complexity index is 547. The molecule has 94 valence electrons. The third-order valence-corrected chi connectivity index (χ3v) is 3.06. The third kappa shape index (κ3) is 3.04. The SMILES string of the molecule is CSc1cc(NCc2cc(N)ccc2O)ncn1. The van der Waals surface area contributed by atoms with E-state index in [0.29, 0.717) is 12.2 Å². The zero-order chi connectivity index (χ0) is 13.0. The summed E-state index contributed by atoms with van der Waals surface area (Å²) in [4.78, 5) is 8.19. The van der Waals surface area contributed by atoms with E-state index in [2.05, 4.69) is 15.3 Å². The van der Waals surface area contributed by atoms with Crippen LogP contribution in [0.3, 0.4) is 0 Å². The van der Waals surface area contributed by atoms with Crippen molar-refractivity contribution in [3.63, 3.8) is 0 Å². The van der Waals surface area contributed by atoms with Crippen molar-refractivity contribution < 1.29 is 5.11 Å². The number of hydrogen-bond acceptors (Lipinski definition) is 6. The van der Waals surface area contributed by atoms with Crippen molar-refractivity contribution in [3.8, 4) is 5.75 Å². The van der Waals surface area contributed by atoms with Crippen LogP contribution in [0.1, 0.15) is 5.56 Å². The van der Waals surface area contributed by atoms with Crippen LogP contribution in [0.25, 0.3) is 0 Å². The van der Waals surface area contributed by atoms with Crippen molar-refractivity contribution in [1.29, 1.82) is 0 Å². The fourth-order valence-corrected chi connectivity index (χ4v) is 1.86. The predicted octanol–water partition coefficient (Wildman–Crippen LogP) is 2.10. The molecule has 18 heavy (non-hydrogen) atoms. The standard InChI is InChI=1S/C12H14N4OS/c1-18-12-5-11(15-7-16-12)14-6-8-4-9(13)2-3-10(8)17/h2-5,7,17H,6,13H2,1H3,(H,14,15,16). The highest BCUT2D eigenvalue weighted by molar-refractivity contribution is 7.98. The molecule has 0 unspecified atom stereocenters. The van der Waals surface area contributed by atoms with E-state index >= 15 is 0 Å². The predicted molar refractivity (Wildman–Crippen MR) is 73.7 cm³/mol. The summed E-state index contributed by atoms with van der Waals surface area (Å²) in [5.41, 5.74) is 7.03. The first-order chi connectivity index (χ1) is 8.69. The topological polar surface area (TPSA) is 84.1 Å². The minimum absolute atomic E-state index is 0.218. The van der Waals surface area contributed by atoms with E-state index in [9.17, 15) is 5.11 Å². The molecule has 0 amide bonds. The van der Waals surface area contributed by atoms with Gasteiger partial charge in [0.2, 0.25) is 0 Å². The summed E-state index contributed by atoms with van der Waals surface area (Å²) in [6, 6.07) is 6.84. The summed E-state index contributed by atoms with van der Waals surface area (Å²) in [6.07, 6.45) is 3.46. The van der Waals surface area contributed by atoms with Gasteiger partial charge < -0.3 is 16.2 Å². The molecule has 0 saturated carbocycles. The maximum absolute atomic E-state index is 9.68. The zero-order valence-corrected chi connectivity index (χ0v) is 10.7. The number of nitrogens with zero attached hydrogens (tertiary/aromatic N) is 2. The highest BCUT2D eigenvalue weighted by Crippen LogP contribution is 2.21. The van der Waals surface area contributed by atoms with Gasteiger partial charge in [-0.2, -0.15) is 0 Å². The molecule has 1 aromatic carbocycles. The fraction of sp³-hybridized carbons (Fsp3) is 0.167. The Kier molecular flexibility index (Phi) is 3.88. The second-order valence-corrected chi connectivity index (χ2v) is 4.51. The Morgan fingerprint density at radius 3 is 2.94 bits per heavy atom. The van der Waals surface area contributed by atoms with Crippen molar-refractivity contribution in [3.05, 3.63) is 36.2 Å². The van der Waals surface area contributed by atoms with Gasteiger partial charge in [-0.25, -0.2) is 9.97 Å². The molecule has 0 aliphatic rings. The number of rotatable bonds is 4. The van der Waals surface area contributed by atoms with E-state index in [-0.39, 0.29) is 5.75 Å². The number of phenols is 1. The molecule has 1 heterocycles. The average molecular weight is 262 g/mol. The van der Waals surface area contributed by atoms with Crippen LogP contribution in [0.15, 0.2) is 35.6 Å². The van der Waals surface area contributed by atoms with Gasteiger partial charge in [0, 0.05) is 23.9 Å². The molecule has 0 fully saturated rings. The smallest absolute Gasteiger partial charge is 0.130 e. The molecular formula is C12H14N4OS. The monoisotopic (exact) mass is 262 g/mol. The lowest BCUT2D eigenvalue weighted by Crippen LogP contribution is -2.02. The van der Waals surface area contributed by atoms with Crippen molar-refractivity contribution in [2.75, 3.05) is 17.3 Å². The molecule has 0 aliphatic heterocycles. The lowest BCUT2D eigenvalue weighted by molar-refractivity contribution is 0.469. The molecule has 6 heteroatoms. The largest absolute Gasteiger partial charge is 0.508 e. The summed E-state index contributed by atoms with van der Waals surface area (Å²) in [7, 11) is 0. The average Bonchev–Trinajstić information content (AvgIpc) is 2.40. The van der Waals surface area contributed by atoms with Gasteiger partial charge in [0.15, 0.2) is 0 Å². The Hall–Kier alpha value is -1.95. The highest BCUT2D eigenvalue weighted by atomic mass is 32.2. The van der Waals surface area contributed by atoms with Crippen molar-refractivity contribution in [2.24, 2.45) is 0 Å². The van der Waals surface area contributed by atoms with Crippen LogP contribution in [0, 0.1) is 0 Å². The zero-order valence-electron chi connectivity index (χ0n) is 9.92. The van der Waals surface area contributed by atoms with Gasteiger partial charge in [0.1, 0.15) is 22.9 Å². The molecule has 1 aromatic heterocycles. The summed E-state index contributed by atoms with van der Waals surface area (Å²) < 4.78 is 0. The number of aromatic nitrogens is 2. The summed E-state index contributed by atoms with van der Waals surface area (Å²) in [5, 5.41) is 13.7. The molecule has 0 aliphatic carbocycles. The molecule has 4 N–H and O–H groups in total. The van der Waals surface area contributed by atoms with Crippen LogP contribution >= 0.6 is 11.8 Å². The van der Waals surface area contributed by atoms with E-state index in [4.69, 9.17) is 5.73 Å². The number of thioether (sulfide) groups is 1. The van der Waals surface area contributed by atoms with E-state index in [1.165, 1.54) is 6.33 Å². The molecule has 0 saturated heterocycles. The summed E-state index contributed by atoms with van der Waals surface area (Å²) in [6.45, 7) is 0.460. The Balaban J connectivity index is 2.08. The van der Waals surface area contributed by atoms with Crippen molar-refractivity contribution in [2.45, 2.75) is 11.6 Å². The van der Waals surface area contributed by atoms with Gasteiger partial charge in [-0.05, 0) is 24.5 Å². The minimum atomic E-state index is 0.218. The quantitative estimate of drug-likeness (QED) is 0.339. The van der Waals surface area contributed by atoms with E-state index in [1.54, 1.807) is 30.0 Å². The maximum atomic E-state index is 9.68. The van der Waals surface area contributed by atoms with Crippen molar-refractivity contribution in [1.82, 2.24) is 9.97 Å². The third-order valence-electron chi connectivity index (χ3n) is 2.41. The molecule has 0 bridgehead atoms. The molecule has 0 radical (unpaired) electrons. The van der Waals surface area contributed by atoms with E-state index in [0.717, 1.165) is 16.4 Å². The first kappa shape index (κ1) is 12.5. The number of nitrogens with two attached hydrogens (primary N) is 1. The van der Waals surface area contributed by atoms with Gasteiger partial charge in [0.25, 0.3) is 0 Å². The Morgan fingerprint density at radius 2 is 2.17 bits per heavy atom. The minimum Gasteiger partial charge on any atom is -0.508 e. The Labute approximate surface area is 109 Å². The summed E-state index contributed by atoms with van der Waals surface area (Å²) in [5.74, 6) is 0.937. The lowest BCUT2D eigenvalue weighted by Gasteiger charge is -2.08. The molecular weight excluding hydrogens is 248 g/mol. The number of nitrogen functional groups attached to an aromatic ring is 1. The van der Waals surface area contributed by atoms with Crippen LogP contribution in [-0.4, -0.2) is 21.3 Å². The maximum Gasteiger partial charge on any atom is 0.130 e. The van der Waals surface area contributed by atoms with Gasteiger partial charge in [0.05, 0.1) is 0 Å². The number of nitrogens with one attached hydrogen (secondary N) is 1. The van der Waals surface area contributed by atoms with Crippen LogP contribution < -0.4 is 11.1 Å². The van der Waals surface area contributed by atoms with Crippen LogP contribution in [0.2, 0.25) is 0 Å². The number of benzene rings is 1. The molecule has 0 spiro atoms. The Morgan fingerprint density at radius 1 is 1.33 bits per heavy atom. The molecule has 2 aromatic rings. The number of hydrogen-bond donors (Lipinski definition) is 3. The van der Waals surface area contributed by atoms with Gasteiger partial charge in [-0.3, -0.25) is 0 Å². The van der Waals surface area contributed by atoms with Crippen LogP contribution in [-0.2, 0) is 6.54 Å². The second kappa shape index (κ2) is 5.59. The van der Waals surface area contributed by atoms with Crippen LogP contribution in [0.5, 0.6) is 5.75 Å². The van der Waals surface area contributed by atoms with Crippen LogP contribution in [0.4, 0.5) is 11.5 Å². The first-order valence-corrected chi connectivity index (χ1v) is 6.59. The second-order valence-electron chi connectivity index (χ2n) is 3.69. The van der Waals surface area contributed by atoms with Gasteiger partial charge in [-0.1, -0.05) is 0 Å². The molecule has 0 atom stereocenters. The number of phenolic OH excluding ortho intramolecular Hbond substituents is 1. The first-order valence-electron chi connectivity index (χ1n) is 5.36. The van der Waals surface area contributed by atoms with Gasteiger partial charge in [-0.15, -0.1) is 11.8 Å². The number of aromatic hydroxyl groups is 1. The molecule has 2 rings (SSSR count). The van der Waals surface area contributed by atoms with Gasteiger partial charge >= 0.3 is 0 Å². The van der Waals surface area contributed by atoms with Crippen molar-refractivity contribution >= 4 is 23.3 Å². The fourth-order valence-electron chi connectivity index (χ4n) is 1.48. The summed E-state index contributed by atoms with van der Waals surface area (Å²) >= 11 is 1.55. The normalized spacial score (nSPS) is 10.3. The number of anilines is 2. The van der Waals surface area contributed by atoms with E-state index < -0.39 is 0 Å².